The maximum Gasteiger partial charge on any atom is 0.275 e. The Morgan fingerprint density at radius 2 is 1.97 bits per heavy atom. The van der Waals surface area contributed by atoms with Gasteiger partial charge in [-0.15, -0.1) is 11.8 Å². The molecule has 11 heteroatoms. The zero-order valence-electron chi connectivity index (χ0n) is 17.7. The predicted octanol–water partition coefficient (Wildman–Crippen LogP) is 3.26. The number of amides is 3. The number of hydrazine groups is 1. The lowest BCUT2D eigenvalue weighted by molar-refractivity contribution is -0.385. The van der Waals surface area contributed by atoms with Crippen molar-refractivity contribution in [1.29, 1.82) is 0 Å². The first kappa shape index (κ1) is 23.1. The van der Waals surface area contributed by atoms with Crippen LogP contribution < -0.4 is 15.5 Å². The Morgan fingerprint density at radius 3 is 2.62 bits per heavy atom. The van der Waals surface area contributed by atoms with E-state index in [-0.39, 0.29) is 35.4 Å². The monoisotopic (exact) mass is 458 g/mol. The number of hydrogen-bond acceptors (Lipinski definition) is 7. The van der Waals surface area contributed by atoms with Crippen LogP contribution in [0.5, 0.6) is 5.75 Å². The number of carbonyl (C=O) groups excluding carboxylic acids is 3. The van der Waals surface area contributed by atoms with Crippen molar-refractivity contribution in [2.45, 2.75) is 31.4 Å². The van der Waals surface area contributed by atoms with Gasteiger partial charge in [-0.25, -0.2) is 5.01 Å². The van der Waals surface area contributed by atoms with Crippen molar-refractivity contribution in [2.24, 2.45) is 0 Å². The average molecular weight is 458 g/mol. The van der Waals surface area contributed by atoms with Crippen molar-refractivity contribution in [3.63, 3.8) is 0 Å². The van der Waals surface area contributed by atoms with Gasteiger partial charge in [-0.05, 0) is 32.0 Å². The molecule has 32 heavy (non-hydrogen) atoms. The average Bonchev–Trinajstić information content (AvgIpc) is 3.02. The van der Waals surface area contributed by atoms with E-state index in [1.165, 1.54) is 36.9 Å². The van der Waals surface area contributed by atoms with Crippen LogP contribution in [0.1, 0.15) is 42.1 Å². The van der Waals surface area contributed by atoms with Crippen molar-refractivity contribution in [1.82, 2.24) is 10.4 Å². The summed E-state index contributed by atoms with van der Waals surface area (Å²) in [7, 11) is 0. The summed E-state index contributed by atoms with van der Waals surface area (Å²) in [5.41, 5.74) is 3.36. The van der Waals surface area contributed by atoms with E-state index in [4.69, 9.17) is 4.74 Å². The molecule has 2 N–H and O–H groups in total. The van der Waals surface area contributed by atoms with Gasteiger partial charge in [0.25, 0.3) is 17.5 Å². The third-order valence-corrected chi connectivity index (χ3v) is 5.95. The van der Waals surface area contributed by atoms with Crippen molar-refractivity contribution in [2.75, 3.05) is 11.9 Å². The molecule has 2 unspecified atom stereocenters. The van der Waals surface area contributed by atoms with Gasteiger partial charge in [-0.1, -0.05) is 12.1 Å². The van der Waals surface area contributed by atoms with Gasteiger partial charge >= 0.3 is 0 Å². The van der Waals surface area contributed by atoms with Gasteiger partial charge < -0.3 is 10.1 Å². The highest BCUT2D eigenvalue weighted by atomic mass is 32.2. The van der Waals surface area contributed by atoms with Gasteiger partial charge in [-0.2, -0.15) is 0 Å². The molecule has 2 aromatic carbocycles. The summed E-state index contributed by atoms with van der Waals surface area (Å²) in [5.74, 6) is -1.04. The molecule has 0 aromatic heterocycles. The number of thioether (sulfide) groups is 1. The molecule has 1 aliphatic heterocycles. The van der Waals surface area contributed by atoms with Crippen LogP contribution in [0.25, 0.3) is 0 Å². The summed E-state index contributed by atoms with van der Waals surface area (Å²) < 4.78 is 5.54. The van der Waals surface area contributed by atoms with Crippen molar-refractivity contribution < 1.29 is 24.0 Å². The Labute approximate surface area is 188 Å². The number of hydrogen-bond donors (Lipinski definition) is 2. The van der Waals surface area contributed by atoms with Crippen LogP contribution in [0.3, 0.4) is 0 Å². The molecule has 0 aliphatic carbocycles. The first-order valence-corrected chi connectivity index (χ1v) is 10.7. The number of nitrogens with one attached hydrogen (secondary N) is 2. The molecular formula is C21H22N4O6S. The van der Waals surface area contributed by atoms with E-state index in [9.17, 15) is 24.5 Å². The number of nitro benzene ring substituents is 1. The van der Waals surface area contributed by atoms with Gasteiger partial charge in [0.1, 0.15) is 11.1 Å². The number of para-hydroxylation sites is 1. The maximum atomic E-state index is 13.1. The predicted molar refractivity (Wildman–Crippen MR) is 119 cm³/mol. The Balaban J connectivity index is 1.92. The third kappa shape index (κ3) is 4.83. The molecule has 0 saturated carbocycles. The minimum atomic E-state index is -0.766. The highest BCUT2D eigenvalue weighted by Gasteiger charge is 2.42. The van der Waals surface area contributed by atoms with Crippen LogP contribution in [-0.4, -0.2) is 39.5 Å². The lowest BCUT2D eigenvalue weighted by Gasteiger charge is -2.25. The Hall–Kier alpha value is -3.60. The van der Waals surface area contributed by atoms with E-state index in [1.807, 2.05) is 0 Å². The fraction of sp³-hybridized carbons (Fsp3) is 0.286. The number of nitrogens with zero attached hydrogens (tertiary/aromatic N) is 2. The largest absolute Gasteiger partial charge is 0.493 e. The van der Waals surface area contributed by atoms with Gasteiger partial charge in [0.2, 0.25) is 5.91 Å². The lowest BCUT2D eigenvalue weighted by atomic mass is 10.1. The van der Waals surface area contributed by atoms with E-state index in [2.05, 4.69) is 10.7 Å². The van der Waals surface area contributed by atoms with Gasteiger partial charge in [-0.3, -0.25) is 29.9 Å². The fourth-order valence-corrected chi connectivity index (χ4v) is 4.49. The maximum absolute atomic E-state index is 13.1. The Morgan fingerprint density at radius 1 is 1.25 bits per heavy atom. The summed E-state index contributed by atoms with van der Waals surface area (Å²) in [6.45, 7) is 5.06. The van der Waals surface area contributed by atoms with Crippen LogP contribution in [0.2, 0.25) is 0 Å². The van der Waals surface area contributed by atoms with E-state index in [1.54, 1.807) is 38.1 Å². The number of anilines is 1. The molecule has 1 heterocycles. The van der Waals surface area contributed by atoms with Gasteiger partial charge in [0, 0.05) is 24.7 Å². The lowest BCUT2D eigenvalue weighted by Crippen LogP contribution is -2.45. The summed E-state index contributed by atoms with van der Waals surface area (Å²) >= 11 is 1.21. The van der Waals surface area contributed by atoms with Crippen molar-refractivity contribution in [3.05, 3.63) is 63.7 Å². The smallest absolute Gasteiger partial charge is 0.275 e. The van der Waals surface area contributed by atoms with E-state index >= 15 is 0 Å². The summed E-state index contributed by atoms with van der Waals surface area (Å²) in [6, 6.07) is 10.6. The quantitative estimate of drug-likeness (QED) is 0.481. The Bertz CT molecular complexity index is 1080. The molecule has 0 radical (unpaired) electrons. The molecule has 1 aliphatic rings. The molecule has 2 aromatic rings. The minimum Gasteiger partial charge on any atom is -0.493 e. The molecule has 3 rings (SSSR count). The fourth-order valence-electron chi connectivity index (χ4n) is 3.25. The number of ether oxygens (including phenoxy) is 1. The second-order valence-electron chi connectivity index (χ2n) is 6.92. The number of carbonyl (C=O) groups is 3. The topological polar surface area (TPSA) is 131 Å². The molecule has 10 nitrogen and oxygen atoms in total. The molecule has 168 valence electrons. The third-order valence-electron chi connectivity index (χ3n) is 4.62. The highest BCUT2D eigenvalue weighted by Crippen LogP contribution is 2.44. The molecule has 2 atom stereocenters. The van der Waals surface area contributed by atoms with Crippen LogP contribution in [0, 0.1) is 10.1 Å². The molecule has 1 fully saturated rings. The SMILES string of the molecule is CCOc1cc(NC(C)=O)ccc1C(=O)NN1C(=O)C(C)SC1c1ccccc1[N+](=O)[O-]. The van der Waals surface area contributed by atoms with Crippen LogP contribution >= 0.6 is 11.8 Å². The first-order chi connectivity index (χ1) is 15.2. The second kappa shape index (κ2) is 9.69. The molecular weight excluding hydrogens is 436 g/mol. The van der Waals surface area contributed by atoms with Crippen LogP contribution in [0.15, 0.2) is 42.5 Å². The van der Waals surface area contributed by atoms with E-state index < -0.39 is 21.5 Å². The number of nitro groups is 1. The highest BCUT2D eigenvalue weighted by molar-refractivity contribution is 8.01. The zero-order chi connectivity index (χ0) is 23.4. The van der Waals surface area contributed by atoms with Gasteiger partial charge in [0.15, 0.2) is 0 Å². The first-order valence-electron chi connectivity index (χ1n) is 9.80. The molecule has 0 spiro atoms. The van der Waals surface area contributed by atoms with Crippen LogP contribution in [0.4, 0.5) is 11.4 Å². The van der Waals surface area contributed by atoms with Crippen molar-refractivity contribution >= 4 is 40.9 Å². The molecule has 0 bridgehead atoms. The van der Waals surface area contributed by atoms with Crippen LogP contribution in [-0.2, 0) is 9.59 Å². The Kier molecular flexibility index (Phi) is 6.98. The zero-order valence-corrected chi connectivity index (χ0v) is 18.5. The summed E-state index contributed by atoms with van der Waals surface area (Å²) in [5, 5.41) is 13.9. The number of benzene rings is 2. The second-order valence-corrected chi connectivity index (χ2v) is 8.35. The van der Waals surface area contributed by atoms with Crippen molar-refractivity contribution in [3.8, 4) is 5.75 Å². The minimum absolute atomic E-state index is 0.138. The molecule has 1 saturated heterocycles. The summed E-state index contributed by atoms with van der Waals surface area (Å²) in [6.07, 6.45) is 0. The van der Waals surface area contributed by atoms with E-state index in [0.29, 0.717) is 11.3 Å². The normalized spacial score (nSPS) is 17.7. The van der Waals surface area contributed by atoms with Gasteiger partial charge in [0.05, 0.1) is 27.9 Å². The summed E-state index contributed by atoms with van der Waals surface area (Å²) in [4.78, 5) is 48.1. The van der Waals surface area contributed by atoms with E-state index in [0.717, 1.165) is 5.01 Å². The molecule has 3 amide bonds. The standard InChI is InChI=1S/C21H22N4O6S/c1-4-31-18-11-14(22-13(3)26)9-10-16(18)19(27)23-24-20(28)12(2)32-21(24)15-7-5-6-8-17(15)25(29)30/h5-12,21H,4H2,1-3H3,(H,22,26)(H,23,27). The number of rotatable bonds is 7.